The molecule has 0 fully saturated rings. The molecular formula is C11H16FN3O2S2. The maximum absolute atomic E-state index is 13.1. The molecule has 0 spiro atoms. The van der Waals surface area contributed by atoms with Gasteiger partial charge < -0.3 is 5.73 Å². The first-order valence-electron chi connectivity index (χ1n) is 5.66. The fraction of sp³-hybridized carbons (Fsp3) is 0.455. The van der Waals surface area contributed by atoms with Gasteiger partial charge >= 0.3 is 0 Å². The second kappa shape index (κ2) is 6.36. The van der Waals surface area contributed by atoms with Crippen LogP contribution in [0, 0.1) is 5.82 Å². The number of hydrogen-bond donors (Lipinski definition) is 1. The number of sulfonamides is 1. The molecule has 0 radical (unpaired) electrons. The Hall–Kier alpha value is -1.12. The molecule has 1 aromatic heterocycles. The SMILES string of the molecule is CC(C)N(CCC(N)=S)S(=O)(=O)c1cncc(F)c1. The fourth-order valence-electron chi connectivity index (χ4n) is 1.55. The Morgan fingerprint density at radius 1 is 1.53 bits per heavy atom. The van der Waals surface area contributed by atoms with E-state index in [0.717, 1.165) is 18.5 Å². The molecule has 0 aromatic carbocycles. The van der Waals surface area contributed by atoms with Crippen molar-refractivity contribution in [3.05, 3.63) is 24.3 Å². The average molecular weight is 305 g/mol. The lowest BCUT2D eigenvalue weighted by atomic mass is 10.3. The van der Waals surface area contributed by atoms with E-state index in [1.807, 2.05) is 0 Å². The summed E-state index contributed by atoms with van der Waals surface area (Å²) in [7, 11) is -3.80. The van der Waals surface area contributed by atoms with Crippen molar-refractivity contribution in [1.82, 2.24) is 9.29 Å². The summed E-state index contributed by atoms with van der Waals surface area (Å²) in [4.78, 5) is 3.61. The fourth-order valence-corrected chi connectivity index (χ4v) is 3.25. The smallest absolute Gasteiger partial charge is 0.244 e. The first-order chi connectivity index (χ1) is 8.75. The zero-order valence-corrected chi connectivity index (χ0v) is 12.3. The third kappa shape index (κ3) is 4.19. The van der Waals surface area contributed by atoms with Crippen LogP contribution in [-0.2, 0) is 10.0 Å². The van der Waals surface area contributed by atoms with E-state index in [9.17, 15) is 12.8 Å². The third-order valence-corrected chi connectivity index (χ3v) is 4.69. The zero-order valence-electron chi connectivity index (χ0n) is 10.7. The highest BCUT2D eigenvalue weighted by Gasteiger charge is 2.27. The van der Waals surface area contributed by atoms with E-state index in [-0.39, 0.29) is 28.9 Å². The number of pyridine rings is 1. The summed E-state index contributed by atoms with van der Waals surface area (Å²) in [6, 6.07) is 0.654. The maximum Gasteiger partial charge on any atom is 0.244 e. The van der Waals surface area contributed by atoms with E-state index in [4.69, 9.17) is 18.0 Å². The Kier molecular flexibility index (Phi) is 5.33. The molecule has 106 valence electrons. The Morgan fingerprint density at radius 2 is 2.16 bits per heavy atom. The lowest BCUT2D eigenvalue weighted by Gasteiger charge is -2.25. The molecule has 5 nitrogen and oxygen atoms in total. The molecule has 0 atom stereocenters. The van der Waals surface area contributed by atoms with Gasteiger partial charge in [-0.05, 0) is 19.9 Å². The van der Waals surface area contributed by atoms with Crippen molar-refractivity contribution >= 4 is 27.2 Å². The first-order valence-corrected chi connectivity index (χ1v) is 7.50. The standard InChI is InChI=1S/C11H16FN3O2S2/c1-8(2)15(4-3-11(13)18)19(16,17)10-5-9(12)6-14-7-10/h5-8H,3-4H2,1-2H3,(H2,13,18). The van der Waals surface area contributed by atoms with Gasteiger partial charge in [-0.2, -0.15) is 4.31 Å². The second-order valence-electron chi connectivity index (χ2n) is 4.26. The van der Waals surface area contributed by atoms with Crippen molar-refractivity contribution < 1.29 is 12.8 Å². The van der Waals surface area contributed by atoms with Crippen LogP contribution in [0.15, 0.2) is 23.4 Å². The van der Waals surface area contributed by atoms with Crippen LogP contribution in [0.4, 0.5) is 4.39 Å². The monoisotopic (exact) mass is 305 g/mol. The molecular weight excluding hydrogens is 289 g/mol. The van der Waals surface area contributed by atoms with Gasteiger partial charge in [-0.3, -0.25) is 4.98 Å². The molecule has 0 bridgehead atoms. The minimum Gasteiger partial charge on any atom is -0.393 e. The van der Waals surface area contributed by atoms with Gasteiger partial charge in [0.2, 0.25) is 10.0 Å². The van der Waals surface area contributed by atoms with E-state index in [2.05, 4.69) is 4.98 Å². The van der Waals surface area contributed by atoms with Gasteiger partial charge in [0, 0.05) is 25.2 Å². The van der Waals surface area contributed by atoms with E-state index < -0.39 is 15.8 Å². The molecule has 0 aliphatic heterocycles. The van der Waals surface area contributed by atoms with Crippen molar-refractivity contribution in [2.75, 3.05) is 6.54 Å². The summed E-state index contributed by atoms with van der Waals surface area (Å²) >= 11 is 4.74. The number of thiocarbonyl (C=S) groups is 1. The topological polar surface area (TPSA) is 76.3 Å². The largest absolute Gasteiger partial charge is 0.393 e. The molecule has 2 N–H and O–H groups in total. The summed E-state index contributed by atoms with van der Waals surface area (Å²) in [5, 5.41) is 0. The zero-order chi connectivity index (χ0) is 14.6. The van der Waals surface area contributed by atoms with Gasteiger partial charge in [-0.1, -0.05) is 12.2 Å². The number of halogens is 1. The Balaban J connectivity index is 3.09. The molecule has 0 saturated heterocycles. The molecule has 0 amide bonds. The van der Waals surface area contributed by atoms with Crippen LogP contribution in [-0.4, -0.2) is 35.3 Å². The first kappa shape index (κ1) is 15.9. The molecule has 0 saturated carbocycles. The Bertz CT molecular complexity index is 561. The Morgan fingerprint density at radius 3 is 2.63 bits per heavy atom. The maximum atomic E-state index is 13.1. The van der Waals surface area contributed by atoms with Crippen molar-refractivity contribution in [2.24, 2.45) is 5.73 Å². The van der Waals surface area contributed by atoms with Crippen LogP contribution in [0.5, 0.6) is 0 Å². The quantitative estimate of drug-likeness (QED) is 0.802. The Labute approximate surface area is 117 Å². The van der Waals surface area contributed by atoms with Gasteiger partial charge in [0.05, 0.1) is 11.2 Å². The molecule has 8 heteroatoms. The minimum atomic E-state index is -3.80. The average Bonchev–Trinajstić information content (AvgIpc) is 2.27. The van der Waals surface area contributed by atoms with Crippen LogP contribution in [0.25, 0.3) is 0 Å². The van der Waals surface area contributed by atoms with Gasteiger partial charge in [0.1, 0.15) is 10.7 Å². The summed E-state index contributed by atoms with van der Waals surface area (Å²) in [6.45, 7) is 3.61. The summed E-state index contributed by atoms with van der Waals surface area (Å²) in [5.41, 5.74) is 5.38. The number of aromatic nitrogens is 1. The molecule has 19 heavy (non-hydrogen) atoms. The van der Waals surface area contributed by atoms with Crippen molar-refractivity contribution in [3.8, 4) is 0 Å². The van der Waals surface area contributed by atoms with Crippen molar-refractivity contribution in [2.45, 2.75) is 31.2 Å². The third-order valence-electron chi connectivity index (χ3n) is 2.44. The highest BCUT2D eigenvalue weighted by Crippen LogP contribution is 2.18. The minimum absolute atomic E-state index is 0.159. The lowest BCUT2D eigenvalue weighted by Crippen LogP contribution is -2.39. The van der Waals surface area contributed by atoms with Crippen LogP contribution < -0.4 is 5.73 Å². The number of nitrogens with zero attached hydrogens (tertiary/aromatic N) is 2. The second-order valence-corrected chi connectivity index (χ2v) is 6.68. The molecule has 1 heterocycles. The number of rotatable bonds is 6. The van der Waals surface area contributed by atoms with E-state index in [1.165, 1.54) is 4.31 Å². The summed E-state index contributed by atoms with van der Waals surface area (Å²) in [5.74, 6) is -0.695. The van der Waals surface area contributed by atoms with Crippen molar-refractivity contribution in [3.63, 3.8) is 0 Å². The molecule has 0 aliphatic rings. The number of nitrogens with two attached hydrogens (primary N) is 1. The van der Waals surface area contributed by atoms with Crippen molar-refractivity contribution in [1.29, 1.82) is 0 Å². The van der Waals surface area contributed by atoms with Crippen LogP contribution in [0.1, 0.15) is 20.3 Å². The molecule has 1 aromatic rings. The lowest BCUT2D eigenvalue weighted by molar-refractivity contribution is 0.362. The molecule has 1 rings (SSSR count). The van der Waals surface area contributed by atoms with Crippen LogP contribution in [0.3, 0.4) is 0 Å². The van der Waals surface area contributed by atoms with E-state index in [0.29, 0.717) is 0 Å². The predicted octanol–water partition coefficient (Wildman–Crippen LogP) is 1.30. The van der Waals surface area contributed by atoms with Crippen LogP contribution in [0.2, 0.25) is 0 Å². The number of hydrogen-bond acceptors (Lipinski definition) is 4. The summed E-state index contributed by atoms with van der Waals surface area (Å²) in [6.07, 6.45) is 2.35. The predicted molar refractivity (Wildman–Crippen MR) is 74.6 cm³/mol. The summed E-state index contributed by atoms with van der Waals surface area (Å²) < 4.78 is 39.1. The molecule has 0 aliphatic carbocycles. The van der Waals surface area contributed by atoms with E-state index in [1.54, 1.807) is 13.8 Å². The van der Waals surface area contributed by atoms with Gasteiger partial charge in [0.15, 0.2) is 0 Å². The van der Waals surface area contributed by atoms with Crippen LogP contribution >= 0.6 is 12.2 Å². The van der Waals surface area contributed by atoms with Gasteiger partial charge in [0.25, 0.3) is 0 Å². The van der Waals surface area contributed by atoms with Gasteiger partial charge in [-0.25, -0.2) is 12.8 Å². The highest BCUT2D eigenvalue weighted by molar-refractivity contribution is 7.89. The highest BCUT2D eigenvalue weighted by atomic mass is 32.2. The van der Waals surface area contributed by atoms with E-state index >= 15 is 0 Å². The normalized spacial score (nSPS) is 12.1. The molecule has 0 unspecified atom stereocenters. The van der Waals surface area contributed by atoms with Gasteiger partial charge in [-0.15, -0.1) is 0 Å².